The van der Waals surface area contributed by atoms with Gasteiger partial charge in [0.15, 0.2) is 0 Å². The van der Waals surface area contributed by atoms with Crippen molar-refractivity contribution in [2.75, 3.05) is 30.9 Å². The number of hydrogen-bond donors (Lipinski definition) is 1. The molecule has 0 fully saturated rings. The Morgan fingerprint density at radius 2 is 1.95 bits per heavy atom. The fourth-order valence-electron chi connectivity index (χ4n) is 1.90. The van der Waals surface area contributed by atoms with Crippen molar-refractivity contribution in [1.82, 2.24) is 29.9 Å². The standard InChI is InChI=1S/C13H16N8/c1-4-14-11-15-12(20(2)3)17-13(16-11)21-10-8-6-5-7-9(10)18-19-21/h5-8H,4H2,1-3H3,(H,14,15,16,17). The van der Waals surface area contributed by atoms with E-state index in [9.17, 15) is 0 Å². The van der Waals surface area contributed by atoms with Gasteiger partial charge in [-0.1, -0.05) is 17.3 Å². The van der Waals surface area contributed by atoms with Crippen molar-refractivity contribution in [1.29, 1.82) is 0 Å². The molecule has 0 bridgehead atoms. The Hall–Kier alpha value is -2.77. The van der Waals surface area contributed by atoms with Crippen LogP contribution >= 0.6 is 0 Å². The predicted octanol–water partition coefficient (Wildman–Crippen LogP) is 1.10. The summed E-state index contributed by atoms with van der Waals surface area (Å²) in [7, 11) is 3.77. The highest BCUT2D eigenvalue weighted by atomic mass is 15.5. The van der Waals surface area contributed by atoms with Gasteiger partial charge in [0, 0.05) is 20.6 Å². The van der Waals surface area contributed by atoms with Crippen LogP contribution in [0, 0.1) is 0 Å². The lowest BCUT2D eigenvalue weighted by Crippen LogP contribution is -2.17. The predicted molar refractivity (Wildman–Crippen MR) is 80.7 cm³/mol. The maximum absolute atomic E-state index is 4.43. The van der Waals surface area contributed by atoms with Crippen molar-refractivity contribution in [2.45, 2.75) is 6.92 Å². The van der Waals surface area contributed by atoms with E-state index in [1.807, 2.05) is 50.2 Å². The molecule has 0 amide bonds. The Balaban J connectivity index is 2.16. The van der Waals surface area contributed by atoms with Crippen molar-refractivity contribution < 1.29 is 0 Å². The van der Waals surface area contributed by atoms with Crippen LogP contribution in [0.15, 0.2) is 24.3 Å². The van der Waals surface area contributed by atoms with Gasteiger partial charge in [-0.05, 0) is 19.1 Å². The molecule has 2 heterocycles. The van der Waals surface area contributed by atoms with Crippen LogP contribution in [-0.2, 0) is 0 Å². The normalized spacial score (nSPS) is 10.8. The number of nitrogens with zero attached hydrogens (tertiary/aromatic N) is 7. The Morgan fingerprint density at radius 3 is 2.71 bits per heavy atom. The van der Waals surface area contributed by atoms with Gasteiger partial charge in [-0.2, -0.15) is 19.6 Å². The Kier molecular flexibility index (Phi) is 3.35. The van der Waals surface area contributed by atoms with Crippen LogP contribution in [0.4, 0.5) is 11.9 Å². The zero-order valence-electron chi connectivity index (χ0n) is 12.1. The molecular weight excluding hydrogens is 268 g/mol. The number of benzene rings is 1. The number of nitrogens with one attached hydrogen (secondary N) is 1. The summed E-state index contributed by atoms with van der Waals surface area (Å²) in [4.78, 5) is 15.0. The second-order valence-electron chi connectivity index (χ2n) is 4.67. The molecule has 0 aliphatic carbocycles. The van der Waals surface area contributed by atoms with E-state index in [1.54, 1.807) is 4.68 Å². The fraction of sp³-hybridized carbons (Fsp3) is 0.308. The minimum absolute atomic E-state index is 0.443. The molecule has 0 radical (unpaired) electrons. The van der Waals surface area contributed by atoms with E-state index in [0.29, 0.717) is 17.8 Å². The Morgan fingerprint density at radius 1 is 1.14 bits per heavy atom. The minimum atomic E-state index is 0.443. The average molecular weight is 284 g/mol. The van der Waals surface area contributed by atoms with E-state index in [1.165, 1.54) is 0 Å². The van der Waals surface area contributed by atoms with Gasteiger partial charge in [-0.3, -0.25) is 0 Å². The molecule has 0 aliphatic rings. The minimum Gasteiger partial charge on any atom is -0.354 e. The highest BCUT2D eigenvalue weighted by molar-refractivity contribution is 5.75. The van der Waals surface area contributed by atoms with Gasteiger partial charge >= 0.3 is 0 Å². The second kappa shape index (κ2) is 5.31. The second-order valence-corrected chi connectivity index (χ2v) is 4.67. The molecule has 0 saturated carbocycles. The fourth-order valence-corrected chi connectivity index (χ4v) is 1.90. The molecule has 8 nitrogen and oxygen atoms in total. The third-order valence-corrected chi connectivity index (χ3v) is 2.89. The van der Waals surface area contributed by atoms with Crippen molar-refractivity contribution >= 4 is 22.9 Å². The van der Waals surface area contributed by atoms with E-state index in [0.717, 1.165) is 17.6 Å². The zero-order chi connectivity index (χ0) is 14.8. The first kappa shape index (κ1) is 13.2. The molecule has 1 N–H and O–H groups in total. The number of hydrogen-bond acceptors (Lipinski definition) is 7. The maximum Gasteiger partial charge on any atom is 0.259 e. The van der Waals surface area contributed by atoms with Gasteiger partial charge in [-0.25, -0.2) is 0 Å². The third-order valence-electron chi connectivity index (χ3n) is 2.89. The summed E-state index contributed by atoms with van der Waals surface area (Å²) in [6, 6.07) is 7.69. The van der Waals surface area contributed by atoms with Gasteiger partial charge < -0.3 is 10.2 Å². The van der Waals surface area contributed by atoms with Crippen LogP contribution in [0.5, 0.6) is 0 Å². The molecular formula is C13H16N8. The van der Waals surface area contributed by atoms with E-state index in [2.05, 4.69) is 30.6 Å². The summed E-state index contributed by atoms with van der Waals surface area (Å²) in [5.41, 5.74) is 1.66. The Labute approximate surface area is 121 Å². The summed E-state index contributed by atoms with van der Waals surface area (Å²) in [5, 5.41) is 11.4. The molecule has 21 heavy (non-hydrogen) atoms. The summed E-state index contributed by atoms with van der Waals surface area (Å²) >= 11 is 0. The molecule has 0 unspecified atom stereocenters. The smallest absolute Gasteiger partial charge is 0.259 e. The van der Waals surface area contributed by atoms with Crippen molar-refractivity contribution in [2.24, 2.45) is 0 Å². The lowest BCUT2D eigenvalue weighted by atomic mass is 10.3. The molecule has 0 spiro atoms. The van der Waals surface area contributed by atoms with E-state index < -0.39 is 0 Å². The molecule has 0 saturated heterocycles. The van der Waals surface area contributed by atoms with E-state index in [-0.39, 0.29) is 0 Å². The molecule has 2 aromatic heterocycles. The van der Waals surface area contributed by atoms with Crippen LogP contribution in [0.3, 0.4) is 0 Å². The first-order valence-electron chi connectivity index (χ1n) is 6.67. The summed E-state index contributed by atoms with van der Waals surface area (Å²) in [6.07, 6.45) is 0. The van der Waals surface area contributed by atoms with Crippen molar-refractivity contribution in [3.8, 4) is 5.95 Å². The van der Waals surface area contributed by atoms with Crippen LogP contribution in [-0.4, -0.2) is 50.6 Å². The van der Waals surface area contributed by atoms with Gasteiger partial charge in [0.1, 0.15) is 5.52 Å². The molecule has 1 aromatic carbocycles. The highest BCUT2D eigenvalue weighted by Crippen LogP contribution is 2.16. The SMILES string of the molecule is CCNc1nc(N(C)C)nc(-n2nnc3ccccc32)n1. The lowest BCUT2D eigenvalue weighted by Gasteiger charge is -2.12. The number of rotatable bonds is 4. The van der Waals surface area contributed by atoms with Crippen LogP contribution in [0.2, 0.25) is 0 Å². The quantitative estimate of drug-likeness (QED) is 0.768. The number of aromatic nitrogens is 6. The molecule has 0 atom stereocenters. The highest BCUT2D eigenvalue weighted by Gasteiger charge is 2.13. The summed E-state index contributed by atoms with van der Waals surface area (Å²) in [6.45, 7) is 2.72. The number of fused-ring (bicyclic) bond motifs is 1. The van der Waals surface area contributed by atoms with Crippen molar-refractivity contribution in [3.05, 3.63) is 24.3 Å². The maximum atomic E-state index is 4.43. The van der Waals surface area contributed by atoms with Gasteiger partial charge in [0.2, 0.25) is 11.9 Å². The van der Waals surface area contributed by atoms with Crippen LogP contribution in [0.1, 0.15) is 6.92 Å². The molecule has 3 rings (SSSR count). The largest absolute Gasteiger partial charge is 0.354 e. The lowest BCUT2D eigenvalue weighted by molar-refractivity contribution is 0.761. The monoisotopic (exact) mass is 284 g/mol. The first-order valence-corrected chi connectivity index (χ1v) is 6.67. The molecule has 8 heteroatoms. The summed E-state index contributed by atoms with van der Waals surface area (Å²) < 4.78 is 1.62. The van der Waals surface area contributed by atoms with Crippen LogP contribution < -0.4 is 10.2 Å². The van der Waals surface area contributed by atoms with Gasteiger partial charge in [0.25, 0.3) is 5.95 Å². The molecule has 108 valence electrons. The Bertz CT molecular complexity index is 764. The van der Waals surface area contributed by atoms with E-state index in [4.69, 9.17) is 0 Å². The van der Waals surface area contributed by atoms with Gasteiger partial charge in [0.05, 0.1) is 5.52 Å². The summed E-state index contributed by atoms with van der Waals surface area (Å²) in [5.74, 6) is 1.53. The van der Waals surface area contributed by atoms with E-state index >= 15 is 0 Å². The average Bonchev–Trinajstić information content (AvgIpc) is 2.91. The molecule has 3 aromatic rings. The van der Waals surface area contributed by atoms with Crippen LogP contribution in [0.25, 0.3) is 17.0 Å². The van der Waals surface area contributed by atoms with Gasteiger partial charge in [-0.15, -0.1) is 5.10 Å². The van der Waals surface area contributed by atoms with Crippen molar-refractivity contribution in [3.63, 3.8) is 0 Å². The first-order chi connectivity index (χ1) is 10.2. The third kappa shape index (κ3) is 2.47. The molecule has 0 aliphatic heterocycles. The zero-order valence-corrected chi connectivity index (χ0v) is 12.1. The number of para-hydroxylation sites is 1. The topological polar surface area (TPSA) is 84.7 Å². The number of anilines is 2.